The number of aromatic nitrogens is 2. The number of unbranched alkanes of at least 4 members (excludes halogenated alkanes) is 3. The molecule has 0 radical (unpaired) electrons. The van der Waals surface area contributed by atoms with Gasteiger partial charge >= 0.3 is 0 Å². The van der Waals surface area contributed by atoms with Crippen LogP contribution in [0.15, 0.2) is 48.5 Å². The molecule has 6 heteroatoms. The molecule has 0 bridgehead atoms. The molecule has 0 saturated heterocycles. The van der Waals surface area contributed by atoms with Gasteiger partial charge in [0.05, 0.1) is 24.8 Å². The van der Waals surface area contributed by atoms with Gasteiger partial charge in [-0.1, -0.05) is 32.4 Å². The Morgan fingerprint density at radius 1 is 0.943 bits per heavy atom. The van der Waals surface area contributed by atoms with Crippen molar-refractivity contribution in [2.45, 2.75) is 71.8 Å². The second-order valence-electron chi connectivity index (χ2n) is 9.01. The van der Waals surface area contributed by atoms with E-state index in [1.165, 1.54) is 5.52 Å². The van der Waals surface area contributed by atoms with E-state index in [9.17, 15) is 4.79 Å². The average molecular weight is 480 g/mol. The van der Waals surface area contributed by atoms with Crippen LogP contribution in [0.5, 0.6) is 11.5 Å². The SMILES string of the molecule is CCC(CC)C(=O)NCCCCCc1nc2ccccc2n1CCCCOc1ccc(OC)cc1. The van der Waals surface area contributed by atoms with Gasteiger partial charge in [0, 0.05) is 25.4 Å². The molecule has 0 spiro atoms. The van der Waals surface area contributed by atoms with Gasteiger partial charge in [-0.2, -0.15) is 0 Å². The first-order valence-electron chi connectivity index (χ1n) is 13.1. The third kappa shape index (κ3) is 8.01. The van der Waals surface area contributed by atoms with Crippen molar-refractivity contribution in [3.05, 3.63) is 54.4 Å². The van der Waals surface area contributed by atoms with Crippen molar-refractivity contribution in [2.75, 3.05) is 20.3 Å². The zero-order valence-electron chi connectivity index (χ0n) is 21.6. The Morgan fingerprint density at radius 3 is 2.43 bits per heavy atom. The minimum atomic E-state index is 0.150. The molecule has 1 heterocycles. The van der Waals surface area contributed by atoms with Crippen molar-refractivity contribution in [2.24, 2.45) is 5.92 Å². The van der Waals surface area contributed by atoms with Gasteiger partial charge in [-0.25, -0.2) is 4.98 Å². The fourth-order valence-electron chi connectivity index (χ4n) is 4.40. The Bertz CT molecular complexity index is 1030. The largest absolute Gasteiger partial charge is 0.497 e. The second kappa shape index (κ2) is 14.4. The summed E-state index contributed by atoms with van der Waals surface area (Å²) in [6.07, 6.45) is 7.96. The molecule has 6 nitrogen and oxygen atoms in total. The van der Waals surface area contributed by atoms with Gasteiger partial charge < -0.3 is 19.4 Å². The van der Waals surface area contributed by atoms with Gasteiger partial charge in [0.25, 0.3) is 0 Å². The number of rotatable bonds is 16. The maximum atomic E-state index is 12.1. The molecule has 0 atom stereocenters. The molecule has 0 aliphatic rings. The van der Waals surface area contributed by atoms with E-state index in [4.69, 9.17) is 14.5 Å². The summed E-state index contributed by atoms with van der Waals surface area (Å²) in [6, 6.07) is 16.1. The molecule has 0 unspecified atom stereocenters. The fraction of sp³-hybridized carbons (Fsp3) is 0.517. The molecule has 3 rings (SSSR count). The van der Waals surface area contributed by atoms with Crippen LogP contribution < -0.4 is 14.8 Å². The Morgan fingerprint density at radius 2 is 1.69 bits per heavy atom. The topological polar surface area (TPSA) is 65.4 Å². The number of hydrogen-bond acceptors (Lipinski definition) is 4. The molecule has 35 heavy (non-hydrogen) atoms. The highest BCUT2D eigenvalue weighted by Gasteiger charge is 2.13. The summed E-state index contributed by atoms with van der Waals surface area (Å²) in [7, 11) is 1.67. The maximum Gasteiger partial charge on any atom is 0.223 e. The molecule has 1 amide bonds. The molecular formula is C29H41N3O3. The predicted molar refractivity (Wildman–Crippen MR) is 142 cm³/mol. The number of imidazole rings is 1. The zero-order valence-corrected chi connectivity index (χ0v) is 21.6. The molecule has 2 aromatic carbocycles. The molecule has 0 saturated carbocycles. The van der Waals surface area contributed by atoms with Crippen molar-refractivity contribution in [1.29, 1.82) is 0 Å². The Labute approximate surface area is 210 Å². The van der Waals surface area contributed by atoms with Crippen LogP contribution in [-0.2, 0) is 17.8 Å². The van der Waals surface area contributed by atoms with E-state index in [1.54, 1.807) is 7.11 Å². The van der Waals surface area contributed by atoms with Gasteiger partial charge in [-0.05, 0) is 74.9 Å². The monoisotopic (exact) mass is 479 g/mol. The second-order valence-corrected chi connectivity index (χ2v) is 9.01. The van der Waals surface area contributed by atoms with Crippen molar-refractivity contribution in [1.82, 2.24) is 14.9 Å². The number of fused-ring (bicyclic) bond motifs is 1. The molecule has 1 aromatic heterocycles. The van der Waals surface area contributed by atoms with E-state index < -0.39 is 0 Å². The number of amides is 1. The number of ether oxygens (including phenoxy) is 2. The van der Waals surface area contributed by atoms with E-state index in [0.717, 1.165) is 87.3 Å². The lowest BCUT2D eigenvalue weighted by Crippen LogP contribution is -2.30. The zero-order chi connectivity index (χ0) is 24.9. The van der Waals surface area contributed by atoms with Crippen LogP contribution >= 0.6 is 0 Å². The summed E-state index contributed by atoms with van der Waals surface area (Å²) in [4.78, 5) is 17.0. The number of nitrogens with zero attached hydrogens (tertiary/aromatic N) is 2. The number of carbonyl (C=O) groups excluding carboxylic acids is 1. The summed E-state index contributed by atoms with van der Waals surface area (Å²) in [5.41, 5.74) is 2.27. The number of aryl methyl sites for hydroxylation is 2. The standard InChI is InChI=1S/C29H41N3O3/c1-4-23(5-2)29(33)30-20-10-6-7-15-28-31-26-13-8-9-14-27(26)32(28)21-11-12-22-35-25-18-16-24(34-3)17-19-25/h8-9,13-14,16-19,23H,4-7,10-12,15,20-22H2,1-3H3,(H,30,33). The Balaban J connectivity index is 1.43. The minimum Gasteiger partial charge on any atom is -0.497 e. The lowest BCUT2D eigenvalue weighted by molar-refractivity contribution is -0.125. The lowest BCUT2D eigenvalue weighted by atomic mass is 10.0. The molecule has 0 aliphatic heterocycles. The first-order chi connectivity index (χ1) is 17.2. The van der Waals surface area contributed by atoms with Crippen molar-refractivity contribution in [3.8, 4) is 11.5 Å². The van der Waals surface area contributed by atoms with Crippen LogP contribution in [0.3, 0.4) is 0 Å². The number of methoxy groups -OCH3 is 1. The third-order valence-electron chi connectivity index (χ3n) is 6.57. The number of para-hydroxylation sites is 2. The van der Waals surface area contributed by atoms with Crippen LogP contribution in [0, 0.1) is 5.92 Å². The maximum absolute atomic E-state index is 12.1. The highest BCUT2D eigenvalue weighted by Crippen LogP contribution is 2.20. The third-order valence-corrected chi connectivity index (χ3v) is 6.57. The molecular weight excluding hydrogens is 438 g/mol. The van der Waals surface area contributed by atoms with Crippen LogP contribution in [-0.4, -0.2) is 35.7 Å². The van der Waals surface area contributed by atoms with Crippen molar-refractivity contribution < 1.29 is 14.3 Å². The highest BCUT2D eigenvalue weighted by atomic mass is 16.5. The smallest absolute Gasteiger partial charge is 0.223 e. The minimum absolute atomic E-state index is 0.150. The van der Waals surface area contributed by atoms with Gasteiger partial charge in [-0.3, -0.25) is 4.79 Å². The summed E-state index contributed by atoms with van der Waals surface area (Å²) in [6.45, 7) is 6.55. The number of nitrogens with one attached hydrogen (secondary N) is 1. The Hall–Kier alpha value is -3.02. The normalized spacial score (nSPS) is 11.2. The van der Waals surface area contributed by atoms with E-state index in [1.807, 2.05) is 24.3 Å². The Kier molecular flexibility index (Phi) is 10.9. The quantitative estimate of drug-likeness (QED) is 0.250. The summed E-state index contributed by atoms with van der Waals surface area (Å²) < 4.78 is 13.4. The van der Waals surface area contributed by atoms with Gasteiger partial charge in [0.1, 0.15) is 17.3 Å². The average Bonchev–Trinajstić information content (AvgIpc) is 3.24. The molecule has 1 N–H and O–H groups in total. The molecule has 3 aromatic rings. The molecule has 0 fully saturated rings. The highest BCUT2D eigenvalue weighted by molar-refractivity contribution is 5.78. The van der Waals surface area contributed by atoms with E-state index >= 15 is 0 Å². The predicted octanol–water partition coefficient (Wildman–Crippen LogP) is 6.17. The van der Waals surface area contributed by atoms with E-state index in [0.29, 0.717) is 6.61 Å². The summed E-state index contributed by atoms with van der Waals surface area (Å²) in [5.74, 6) is 3.21. The van der Waals surface area contributed by atoms with Crippen LogP contribution in [0.1, 0.15) is 64.6 Å². The van der Waals surface area contributed by atoms with Gasteiger partial charge in [-0.15, -0.1) is 0 Å². The number of carbonyl (C=O) groups is 1. The van der Waals surface area contributed by atoms with E-state index in [2.05, 4.69) is 48.0 Å². The fourth-order valence-corrected chi connectivity index (χ4v) is 4.40. The van der Waals surface area contributed by atoms with Crippen LogP contribution in [0.2, 0.25) is 0 Å². The number of hydrogen-bond donors (Lipinski definition) is 1. The molecule has 0 aliphatic carbocycles. The number of benzene rings is 2. The first kappa shape index (κ1) is 26.6. The van der Waals surface area contributed by atoms with Crippen molar-refractivity contribution in [3.63, 3.8) is 0 Å². The molecule has 190 valence electrons. The first-order valence-corrected chi connectivity index (χ1v) is 13.1. The lowest BCUT2D eigenvalue weighted by Gasteiger charge is -2.12. The van der Waals surface area contributed by atoms with Crippen molar-refractivity contribution >= 4 is 16.9 Å². The summed E-state index contributed by atoms with van der Waals surface area (Å²) in [5, 5.41) is 3.10. The van der Waals surface area contributed by atoms with Crippen LogP contribution in [0.4, 0.5) is 0 Å². The van der Waals surface area contributed by atoms with Gasteiger partial charge in [0.2, 0.25) is 5.91 Å². The summed E-state index contributed by atoms with van der Waals surface area (Å²) >= 11 is 0. The van der Waals surface area contributed by atoms with Gasteiger partial charge in [0.15, 0.2) is 0 Å². The van der Waals surface area contributed by atoms with E-state index in [-0.39, 0.29) is 11.8 Å². The van der Waals surface area contributed by atoms with Crippen LogP contribution in [0.25, 0.3) is 11.0 Å².